The van der Waals surface area contributed by atoms with E-state index in [1.165, 1.54) is 0 Å². The number of imidazole rings is 1. The van der Waals surface area contributed by atoms with Crippen LogP contribution >= 0.6 is 0 Å². The summed E-state index contributed by atoms with van der Waals surface area (Å²) in [5.41, 5.74) is 4.85. The zero-order valence-electron chi connectivity index (χ0n) is 19.8. The third-order valence-electron chi connectivity index (χ3n) is 5.70. The average molecular weight is 470 g/mol. The summed E-state index contributed by atoms with van der Waals surface area (Å²) in [6.45, 7) is 5.66. The molecule has 0 unspecified atom stereocenters. The second kappa shape index (κ2) is 9.44. The van der Waals surface area contributed by atoms with Gasteiger partial charge in [-0.3, -0.25) is 0 Å². The van der Waals surface area contributed by atoms with E-state index in [0.29, 0.717) is 31.5 Å². The normalized spacial score (nSPS) is 14.4. The van der Waals surface area contributed by atoms with Crippen molar-refractivity contribution in [2.75, 3.05) is 13.1 Å². The Morgan fingerprint density at radius 3 is 2.62 bits per heavy atom. The van der Waals surface area contributed by atoms with Gasteiger partial charge in [-0.05, 0) is 63.5 Å². The predicted molar refractivity (Wildman–Crippen MR) is 126 cm³/mol. The van der Waals surface area contributed by atoms with Crippen molar-refractivity contribution >= 4 is 17.3 Å². The number of aryl methyl sites for hydroxylation is 1. The summed E-state index contributed by atoms with van der Waals surface area (Å²) < 4.78 is 37.9. The van der Waals surface area contributed by atoms with Gasteiger partial charge in [0, 0.05) is 37.0 Å². The van der Waals surface area contributed by atoms with Crippen LogP contribution in [-0.4, -0.2) is 45.7 Å². The summed E-state index contributed by atoms with van der Waals surface area (Å²) in [6.07, 6.45) is 4.87. The van der Waals surface area contributed by atoms with Gasteiger partial charge in [0.05, 0.1) is 5.69 Å². The molecule has 34 heavy (non-hydrogen) atoms. The summed E-state index contributed by atoms with van der Waals surface area (Å²) in [5, 5.41) is 0. The molecule has 1 aromatic carbocycles. The Balaban J connectivity index is 1.59. The van der Waals surface area contributed by atoms with Crippen LogP contribution in [0.4, 0.5) is 13.6 Å². The molecule has 180 valence electrons. The van der Waals surface area contributed by atoms with Gasteiger partial charge in [-0.1, -0.05) is 24.3 Å². The monoisotopic (exact) mass is 469 g/mol. The van der Waals surface area contributed by atoms with Crippen molar-refractivity contribution in [3.63, 3.8) is 0 Å². The van der Waals surface area contributed by atoms with E-state index in [-0.39, 0.29) is 11.8 Å². The van der Waals surface area contributed by atoms with Gasteiger partial charge in [0.1, 0.15) is 17.0 Å². The molecule has 0 saturated carbocycles. The minimum Gasteiger partial charge on any atom is -0.444 e. The third-order valence-corrected chi connectivity index (χ3v) is 5.70. The van der Waals surface area contributed by atoms with Gasteiger partial charge in [0.15, 0.2) is 0 Å². The van der Waals surface area contributed by atoms with Crippen molar-refractivity contribution < 1.29 is 23.0 Å². The van der Waals surface area contributed by atoms with Crippen LogP contribution in [0, 0.1) is 6.92 Å². The van der Waals surface area contributed by atoms with Gasteiger partial charge in [0.25, 0.3) is 0 Å². The molecule has 6 nitrogen and oxygen atoms in total. The molecule has 0 radical (unpaired) electrons. The van der Waals surface area contributed by atoms with Crippen LogP contribution in [0.3, 0.4) is 0 Å². The molecular formula is C26H29F2N3O3. The number of halogens is 2. The quantitative estimate of drug-likeness (QED) is 0.470. The lowest BCUT2D eigenvalue weighted by atomic mass is 10.0. The molecule has 3 aromatic rings. The molecule has 2 aromatic heterocycles. The van der Waals surface area contributed by atoms with E-state index in [0.717, 1.165) is 28.2 Å². The van der Waals surface area contributed by atoms with Gasteiger partial charge in [0.2, 0.25) is 0 Å². The molecule has 4 rings (SSSR count). The highest BCUT2D eigenvalue weighted by Crippen LogP contribution is 2.28. The SMILES string of the molecule is Cc1nc2ccc(C3=CCN(C(=O)OC(C)(C)C)CC3)cn2c1Cc1ccccc1OC(F)F. The number of alkyl halides is 2. The first-order valence-electron chi connectivity index (χ1n) is 11.3. The largest absolute Gasteiger partial charge is 0.444 e. The van der Waals surface area contributed by atoms with Crippen LogP contribution in [0.25, 0.3) is 11.2 Å². The first kappa shape index (κ1) is 23.7. The smallest absolute Gasteiger partial charge is 0.410 e. The highest BCUT2D eigenvalue weighted by molar-refractivity contribution is 5.73. The van der Waals surface area contributed by atoms with Gasteiger partial charge in [-0.2, -0.15) is 8.78 Å². The standard InChI is InChI=1S/C26H29F2N3O3/c1-17-21(15-19-7-5-6-8-22(19)33-24(27)28)31-16-20(9-10-23(31)29-17)18-11-13-30(14-12-18)25(32)34-26(2,3)4/h5-11,16,24H,12-15H2,1-4H3. The fourth-order valence-corrected chi connectivity index (χ4v) is 4.08. The number of carbonyl (C=O) groups excluding carboxylic acids is 1. The van der Waals surface area contributed by atoms with E-state index in [4.69, 9.17) is 9.47 Å². The number of pyridine rings is 1. The second-order valence-electron chi connectivity index (χ2n) is 9.36. The Kier molecular flexibility index (Phi) is 6.59. The maximum atomic E-state index is 12.9. The van der Waals surface area contributed by atoms with Crippen molar-refractivity contribution in [2.24, 2.45) is 0 Å². The molecule has 8 heteroatoms. The molecule has 0 atom stereocenters. The Hall–Kier alpha value is -3.42. The van der Waals surface area contributed by atoms with E-state index in [1.807, 2.05) is 56.5 Å². The minimum atomic E-state index is -2.88. The molecule has 1 amide bonds. The second-order valence-corrected chi connectivity index (χ2v) is 9.36. The number of fused-ring (bicyclic) bond motifs is 1. The molecular weight excluding hydrogens is 440 g/mol. The molecule has 1 aliphatic rings. The van der Waals surface area contributed by atoms with E-state index >= 15 is 0 Å². The van der Waals surface area contributed by atoms with E-state index < -0.39 is 12.2 Å². The van der Waals surface area contributed by atoms with Gasteiger partial charge in [-0.25, -0.2) is 9.78 Å². The average Bonchev–Trinajstić information content (AvgIpc) is 3.08. The third kappa shape index (κ3) is 5.38. The molecule has 0 fully saturated rings. The van der Waals surface area contributed by atoms with Gasteiger partial charge in [-0.15, -0.1) is 0 Å². The van der Waals surface area contributed by atoms with Crippen molar-refractivity contribution in [3.05, 3.63) is 71.2 Å². The minimum absolute atomic E-state index is 0.167. The number of hydrogen-bond acceptors (Lipinski definition) is 4. The highest BCUT2D eigenvalue weighted by atomic mass is 19.3. The number of amides is 1. The number of carbonyl (C=O) groups is 1. The number of hydrogen-bond donors (Lipinski definition) is 0. The number of aromatic nitrogens is 2. The topological polar surface area (TPSA) is 56.1 Å². The maximum absolute atomic E-state index is 12.9. The molecule has 0 aliphatic carbocycles. The first-order chi connectivity index (χ1) is 16.1. The van der Waals surface area contributed by atoms with Crippen LogP contribution < -0.4 is 4.74 Å². The summed E-state index contributed by atoms with van der Waals surface area (Å²) in [4.78, 5) is 18.7. The molecule has 0 spiro atoms. The first-order valence-corrected chi connectivity index (χ1v) is 11.3. The van der Waals surface area contributed by atoms with Crippen molar-refractivity contribution in [1.82, 2.24) is 14.3 Å². The lowest BCUT2D eigenvalue weighted by molar-refractivity contribution is -0.0504. The number of ether oxygens (including phenoxy) is 2. The molecule has 0 saturated heterocycles. The van der Waals surface area contributed by atoms with Crippen molar-refractivity contribution in [3.8, 4) is 5.75 Å². The Bertz CT molecular complexity index is 1230. The zero-order chi connectivity index (χ0) is 24.5. The lowest BCUT2D eigenvalue weighted by Gasteiger charge is -2.29. The predicted octanol–water partition coefficient (Wildman–Crippen LogP) is 5.86. The molecule has 0 bridgehead atoms. The summed E-state index contributed by atoms with van der Waals surface area (Å²) >= 11 is 0. The van der Waals surface area contributed by atoms with Crippen molar-refractivity contribution in [2.45, 2.75) is 52.7 Å². The van der Waals surface area contributed by atoms with Crippen LogP contribution in [0.15, 0.2) is 48.7 Å². The Labute approximate surface area is 197 Å². The fourth-order valence-electron chi connectivity index (χ4n) is 4.08. The Morgan fingerprint density at radius 2 is 1.94 bits per heavy atom. The highest BCUT2D eigenvalue weighted by Gasteiger charge is 2.24. The van der Waals surface area contributed by atoms with Gasteiger partial charge < -0.3 is 18.8 Å². The molecule has 3 heterocycles. The number of rotatable bonds is 5. The van der Waals surface area contributed by atoms with E-state index in [9.17, 15) is 13.6 Å². The van der Waals surface area contributed by atoms with Crippen LogP contribution in [0.5, 0.6) is 5.75 Å². The van der Waals surface area contributed by atoms with Crippen LogP contribution in [0.1, 0.15) is 49.7 Å². The zero-order valence-corrected chi connectivity index (χ0v) is 19.8. The summed E-state index contributed by atoms with van der Waals surface area (Å²) in [6, 6.07) is 10.8. The maximum Gasteiger partial charge on any atom is 0.410 e. The summed E-state index contributed by atoms with van der Waals surface area (Å²) in [5.74, 6) is 0.167. The Morgan fingerprint density at radius 1 is 1.18 bits per heavy atom. The summed E-state index contributed by atoms with van der Waals surface area (Å²) in [7, 11) is 0. The van der Waals surface area contributed by atoms with Crippen molar-refractivity contribution in [1.29, 1.82) is 0 Å². The number of para-hydroxylation sites is 1. The van der Waals surface area contributed by atoms with Crippen LogP contribution in [-0.2, 0) is 11.2 Å². The number of benzene rings is 1. The number of nitrogens with zero attached hydrogens (tertiary/aromatic N) is 3. The van der Waals surface area contributed by atoms with E-state index in [2.05, 4.69) is 4.98 Å². The van der Waals surface area contributed by atoms with Crippen LogP contribution in [0.2, 0.25) is 0 Å². The molecule has 0 N–H and O–H groups in total. The fraction of sp³-hybridized carbons (Fsp3) is 0.385. The van der Waals surface area contributed by atoms with E-state index in [1.54, 1.807) is 29.2 Å². The lowest BCUT2D eigenvalue weighted by Crippen LogP contribution is -2.39. The molecule has 1 aliphatic heterocycles. The van der Waals surface area contributed by atoms with Gasteiger partial charge >= 0.3 is 12.7 Å².